The number of H-pyrrole nitrogens is 2. The van der Waals surface area contributed by atoms with Gasteiger partial charge in [0.2, 0.25) is 8.08 Å². The molecule has 0 aliphatic carbocycles. The lowest BCUT2D eigenvalue weighted by molar-refractivity contribution is 0.612. The third-order valence-electron chi connectivity index (χ3n) is 2.31. The van der Waals surface area contributed by atoms with Crippen LogP contribution in [0.25, 0.3) is 0 Å². The summed E-state index contributed by atoms with van der Waals surface area (Å²) in [6.45, 7) is 0. The van der Waals surface area contributed by atoms with Crippen molar-refractivity contribution in [3.05, 3.63) is 60.7 Å². The van der Waals surface area contributed by atoms with Crippen LogP contribution < -0.4 is 9.05 Å². The highest BCUT2D eigenvalue weighted by atomic mass is 31.2. The summed E-state index contributed by atoms with van der Waals surface area (Å²) in [5.74, 6) is 1.63. The van der Waals surface area contributed by atoms with E-state index in [1.165, 1.54) is 0 Å². The van der Waals surface area contributed by atoms with Gasteiger partial charge in [-0.05, 0) is 24.3 Å². The molecule has 8 heteroatoms. The molecule has 20 heavy (non-hydrogen) atoms. The molecule has 2 N–H and O–H groups in total. The Bertz CT molecular complexity index is 629. The van der Waals surface area contributed by atoms with Crippen LogP contribution in [-0.2, 0) is 0 Å². The smallest absolute Gasteiger partial charge is 0.265 e. The van der Waals surface area contributed by atoms with Crippen molar-refractivity contribution in [2.24, 2.45) is 0 Å². The minimum absolute atomic E-state index is 0.778. The molecular weight excluding hydrogens is 311 g/mol. The Hall–Kier alpha value is -1.66. The maximum absolute atomic E-state index is 5.84. The topological polar surface area (TPSA) is 62.9 Å². The van der Waals surface area contributed by atoms with Gasteiger partial charge in [-0.2, -0.15) is 0 Å². The summed E-state index contributed by atoms with van der Waals surface area (Å²) in [6.07, 6.45) is 0. The summed E-state index contributed by atoms with van der Waals surface area (Å²) in [6, 6.07) is 19.4. The second-order valence-electron chi connectivity index (χ2n) is 3.77. The van der Waals surface area contributed by atoms with Gasteiger partial charge in [-0.15, -0.1) is 4.51 Å². The van der Waals surface area contributed by atoms with Crippen molar-refractivity contribution in [2.45, 2.75) is 0 Å². The van der Waals surface area contributed by atoms with Crippen LogP contribution in [-0.4, -0.2) is 13.5 Å². The number of nitrogens with one attached hydrogen (secondary N) is 2. The second kappa shape index (κ2) is 6.67. The van der Waals surface area contributed by atoms with E-state index in [9.17, 15) is 0 Å². The Balaban J connectivity index is 1.76. The lowest BCUT2D eigenvalue weighted by Crippen LogP contribution is -1.87. The number of aromatic nitrogens is 3. The summed E-state index contributed by atoms with van der Waals surface area (Å²) in [4.78, 5) is 0. The van der Waals surface area contributed by atoms with Crippen molar-refractivity contribution in [3.63, 3.8) is 0 Å². The zero-order valence-electron chi connectivity index (χ0n) is 10.4. The molecule has 0 spiro atoms. The Morgan fingerprint density at radius 1 is 0.850 bits per heavy atom. The molecule has 3 aromatic rings. The summed E-state index contributed by atoms with van der Waals surface area (Å²) >= 11 is 0. The Kier molecular flexibility index (Phi) is 4.45. The zero-order chi connectivity index (χ0) is 13.6. The van der Waals surface area contributed by atoms with Gasteiger partial charge in [0.1, 0.15) is 20.0 Å². The monoisotopic (exact) mass is 323 g/mol. The van der Waals surface area contributed by atoms with Gasteiger partial charge in [-0.1, -0.05) is 36.4 Å². The first-order chi connectivity index (χ1) is 9.90. The number of nitrogens with zero attached hydrogens (tertiary/aromatic N) is 1. The highest BCUT2D eigenvalue weighted by Crippen LogP contribution is 2.33. The fourth-order valence-electron chi connectivity index (χ4n) is 1.47. The molecule has 0 saturated carbocycles. The molecule has 0 saturated heterocycles. The van der Waals surface area contributed by atoms with E-state index in [0.717, 1.165) is 20.0 Å². The largest absolute Gasteiger partial charge is 0.417 e. The van der Waals surface area contributed by atoms with E-state index in [-0.39, 0.29) is 0 Å². The highest BCUT2D eigenvalue weighted by molar-refractivity contribution is 7.55. The summed E-state index contributed by atoms with van der Waals surface area (Å²) in [7, 11) is -1.29. The van der Waals surface area contributed by atoms with Crippen LogP contribution in [0.3, 0.4) is 0 Å². The van der Waals surface area contributed by atoms with Crippen molar-refractivity contribution in [1.82, 2.24) is 13.5 Å². The fourth-order valence-corrected chi connectivity index (χ4v) is 5.65. The van der Waals surface area contributed by atoms with Gasteiger partial charge in [0.25, 0.3) is 8.08 Å². The molecule has 0 amide bonds. The summed E-state index contributed by atoms with van der Waals surface area (Å²) < 4.78 is 22.4. The number of aromatic amines is 2. The average Bonchev–Trinajstić information content (AvgIpc) is 2.50. The summed E-state index contributed by atoms with van der Waals surface area (Å²) in [5, 5.41) is 0. The molecule has 0 aliphatic rings. The van der Waals surface area contributed by atoms with Crippen molar-refractivity contribution >= 4 is 24.7 Å². The van der Waals surface area contributed by atoms with E-state index in [0.29, 0.717) is 0 Å². The minimum atomic E-state index is -1.08. The molecule has 0 radical (unpaired) electrons. The lowest BCUT2D eigenvalue weighted by atomic mass is 10.3. The van der Waals surface area contributed by atoms with E-state index in [4.69, 9.17) is 9.05 Å². The number of benzene rings is 2. The number of hydrogen-bond acceptors (Lipinski definition) is 3. The SMILES string of the molecule is c1ccc(Op2np[nH]p(Oc3ccccc3)[nH]2)cc1. The van der Waals surface area contributed by atoms with E-state index in [1.54, 1.807) is 0 Å². The lowest BCUT2D eigenvalue weighted by Gasteiger charge is -2.08. The Labute approximate surface area is 120 Å². The van der Waals surface area contributed by atoms with Crippen molar-refractivity contribution in [3.8, 4) is 11.5 Å². The van der Waals surface area contributed by atoms with Crippen molar-refractivity contribution < 1.29 is 9.05 Å². The van der Waals surface area contributed by atoms with Gasteiger partial charge in [-0.25, -0.2) is 4.51 Å². The quantitative estimate of drug-likeness (QED) is 0.702. The number of para-hydroxylation sites is 2. The van der Waals surface area contributed by atoms with E-state index < -0.39 is 16.2 Å². The molecule has 0 aliphatic heterocycles. The third kappa shape index (κ3) is 3.68. The molecular formula is C12H12N3O2P3. The average molecular weight is 323 g/mol. The van der Waals surface area contributed by atoms with E-state index >= 15 is 0 Å². The van der Waals surface area contributed by atoms with Crippen LogP contribution in [0.1, 0.15) is 0 Å². The van der Waals surface area contributed by atoms with Gasteiger partial charge in [0, 0.05) is 0 Å². The molecule has 0 bridgehead atoms. The van der Waals surface area contributed by atoms with Crippen molar-refractivity contribution in [2.75, 3.05) is 0 Å². The van der Waals surface area contributed by atoms with E-state index in [2.05, 4.69) is 13.5 Å². The molecule has 102 valence electrons. The normalized spacial score (nSPS) is 12.2. The van der Waals surface area contributed by atoms with Gasteiger partial charge in [0.05, 0.1) is 0 Å². The first-order valence-corrected chi connectivity index (χ1v) is 9.21. The molecule has 2 atom stereocenters. The van der Waals surface area contributed by atoms with Crippen molar-refractivity contribution in [1.29, 1.82) is 0 Å². The predicted octanol–water partition coefficient (Wildman–Crippen LogP) is 5.10. The summed E-state index contributed by atoms with van der Waals surface area (Å²) in [5.41, 5.74) is 0. The maximum Gasteiger partial charge on any atom is 0.265 e. The first-order valence-electron chi connectivity index (χ1n) is 5.89. The van der Waals surface area contributed by atoms with Gasteiger partial charge < -0.3 is 9.05 Å². The Morgan fingerprint density at radius 3 is 2.10 bits per heavy atom. The zero-order valence-corrected chi connectivity index (χ0v) is 13.1. The highest BCUT2D eigenvalue weighted by Gasteiger charge is 2.01. The molecule has 0 fully saturated rings. The van der Waals surface area contributed by atoms with Gasteiger partial charge in [-0.3, -0.25) is 4.51 Å². The third-order valence-corrected chi connectivity index (χ3v) is 6.59. The van der Waals surface area contributed by atoms with Crippen LogP contribution >= 0.6 is 24.7 Å². The molecule has 2 aromatic carbocycles. The van der Waals surface area contributed by atoms with Crippen LogP contribution in [0.15, 0.2) is 60.7 Å². The minimum Gasteiger partial charge on any atom is -0.417 e. The first kappa shape index (κ1) is 13.3. The van der Waals surface area contributed by atoms with Crippen LogP contribution in [0.4, 0.5) is 0 Å². The van der Waals surface area contributed by atoms with Crippen LogP contribution in [0.5, 0.6) is 11.5 Å². The van der Waals surface area contributed by atoms with Gasteiger partial charge >= 0.3 is 0 Å². The number of hydrogen-bond donors (Lipinski definition) is 2. The fraction of sp³-hybridized carbons (Fsp3) is 0. The predicted molar refractivity (Wildman–Crippen MR) is 83.4 cm³/mol. The molecule has 3 rings (SSSR count). The Morgan fingerprint density at radius 2 is 1.45 bits per heavy atom. The molecule has 2 unspecified atom stereocenters. The molecule has 5 nitrogen and oxygen atoms in total. The molecule has 1 aromatic heterocycles. The van der Waals surface area contributed by atoms with Crippen LogP contribution in [0, 0.1) is 0 Å². The van der Waals surface area contributed by atoms with Crippen LogP contribution in [0.2, 0.25) is 0 Å². The van der Waals surface area contributed by atoms with Gasteiger partial charge in [0.15, 0.2) is 0 Å². The maximum atomic E-state index is 5.84. The number of rotatable bonds is 4. The molecule has 1 heterocycles. The second-order valence-corrected chi connectivity index (χ2v) is 7.78. The van der Waals surface area contributed by atoms with E-state index in [1.807, 2.05) is 60.7 Å². The standard InChI is InChI=1S/C12H12N3O2P3/c1-3-7-11(8-4-1)16-19-13-18-14-20(15-19)17-12-9-5-2-6-10-12/h1-10,15H,(H,13,14).